The van der Waals surface area contributed by atoms with Crippen LogP contribution in [0.2, 0.25) is 10.0 Å². The Morgan fingerprint density at radius 3 is 2.88 bits per heavy atom. The number of imidazole rings is 1. The Balaban J connectivity index is 2.21. The molecule has 0 fully saturated rings. The fourth-order valence-corrected chi connectivity index (χ4v) is 1.95. The summed E-state index contributed by atoms with van der Waals surface area (Å²) >= 11 is 12.1. The van der Waals surface area contributed by atoms with Gasteiger partial charge in [-0.25, -0.2) is 4.98 Å². The molecule has 0 saturated heterocycles. The maximum absolute atomic E-state index is 6.13. The lowest BCUT2D eigenvalue weighted by atomic mass is 10.1. The Morgan fingerprint density at radius 2 is 2.19 bits per heavy atom. The molecule has 1 aromatic heterocycles. The predicted molar refractivity (Wildman–Crippen MR) is 67.1 cm³/mol. The molecule has 0 aliphatic heterocycles. The number of nitrogens with one attached hydrogen (secondary N) is 2. The summed E-state index contributed by atoms with van der Waals surface area (Å²) in [5, 5.41) is 4.34. The Kier molecular flexibility index (Phi) is 3.36. The highest BCUT2D eigenvalue weighted by Crippen LogP contribution is 2.30. The van der Waals surface area contributed by atoms with Crippen LogP contribution in [0.3, 0.4) is 0 Å². The van der Waals surface area contributed by atoms with Gasteiger partial charge < -0.3 is 10.3 Å². The molecule has 0 aliphatic rings. The van der Waals surface area contributed by atoms with Crippen LogP contribution < -0.4 is 5.32 Å². The number of aromatic amines is 1. The molecule has 2 N–H and O–H groups in total. The predicted octanol–water partition coefficient (Wildman–Crippen LogP) is 3.89. The number of hydrogen-bond donors (Lipinski definition) is 2. The second-order valence-corrected chi connectivity index (χ2v) is 4.23. The minimum absolute atomic E-state index is 0.0392. The third-order valence-electron chi connectivity index (χ3n) is 2.30. The standard InChI is InChI=1S/C11H11Cl2N3/c1-7(16-11-14-5-6-15-11)8-3-2-4-9(12)10(8)13/h2-7H,1H3,(H2,14,15,16). The third-order valence-corrected chi connectivity index (χ3v) is 3.13. The van der Waals surface area contributed by atoms with Crippen molar-refractivity contribution in [3.8, 4) is 0 Å². The molecule has 0 spiro atoms. The number of hydrogen-bond acceptors (Lipinski definition) is 2. The van der Waals surface area contributed by atoms with Crippen LogP contribution >= 0.6 is 23.2 Å². The normalized spacial score (nSPS) is 12.4. The molecule has 0 bridgehead atoms. The van der Waals surface area contributed by atoms with Crippen molar-refractivity contribution < 1.29 is 0 Å². The summed E-state index contributed by atoms with van der Waals surface area (Å²) < 4.78 is 0. The zero-order valence-corrected chi connectivity index (χ0v) is 10.2. The zero-order valence-electron chi connectivity index (χ0n) is 8.67. The van der Waals surface area contributed by atoms with E-state index in [0.29, 0.717) is 16.0 Å². The Hall–Kier alpha value is -1.19. The molecule has 0 amide bonds. The monoisotopic (exact) mass is 255 g/mol. The van der Waals surface area contributed by atoms with Crippen LogP contribution in [0.4, 0.5) is 5.95 Å². The number of benzene rings is 1. The second kappa shape index (κ2) is 4.76. The van der Waals surface area contributed by atoms with Crippen molar-refractivity contribution in [2.24, 2.45) is 0 Å². The Morgan fingerprint density at radius 1 is 1.38 bits per heavy atom. The van der Waals surface area contributed by atoms with Crippen LogP contribution in [0, 0.1) is 0 Å². The van der Waals surface area contributed by atoms with Gasteiger partial charge in [0.1, 0.15) is 0 Å². The molecule has 0 radical (unpaired) electrons. The van der Waals surface area contributed by atoms with Crippen molar-refractivity contribution in [2.75, 3.05) is 5.32 Å². The number of aromatic nitrogens is 2. The lowest BCUT2D eigenvalue weighted by Crippen LogP contribution is -2.08. The van der Waals surface area contributed by atoms with Gasteiger partial charge in [-0.2, -0.15) is 0 Å². The highest BCUT2D eigenvalue weighted by Gasteiger charge is 2.12. The first kappa shape index (κ1) is 11.3. The first-order chi connectivity index (χ1) is 7.68. The van der Waals surface area contributed by atoms with E-state index < -0.39 is 0 Å². The van der Waals surface area contributed by atoms with Crippen molar-refractivity contribution in [1.29, 1.82) is 0 Å². The molecule has 1 heterocycles. The van der Waals surface area contributed by atoms with Gasteiger partial charge in [-0.3, -0.25) is 0 Å². The molecule has 2 aromatic rings. The average Bonchev–Trinajstić information content (AvgIpc) is 2.74. The second-order valence-electron chi connectivity index (χ2n) is 3.45. The highest BCUT2D eigenvalue weighted by molar-refractivity contribution is 6.42. The number of halogens is 2. The highest BCUT2D eigenvalue weighted by atomic mass is 35.5. The van der Waals surface area contributed by atoms with Gasteiger partial charge in [0.2, 0.25) is 5.95 Å². The maximum Gasteiger partial charge on any atom is 0.200 e. The van der Waals surface area contributed by atoms with Crippen molar-refractivity contribution in [3.05, 3.63) is 46.2 Å². The van der Waals surface area contributed by atoms with E-state index in [1.807, 2.05) is 19.1 Å². The van der Waals surface area contributed by atoms with E-state index in [2.05, 4.69) is 15.3 Å². The van der Waals surface area contributed by atoms with E-state index >= 15 is 0 Å². The van der Waals surface area contributed by atoms with Crippen LogP contribution in [0.1, 0.15) is 18.5 Å². The van der Waals surface area contributed by atoms with Gasteiger partial charge >= 0.3 is 0 Å². The summed E-state index contributed by atoms with van der Waals surface area (Å²) in [5.41, 5.74) is 0.950. The molecule has 5 heteroatoms. The Labute approximate surface area is 104 Å². The molecular weight excluding hydrogens is 245 g/mol. The van der Waals surface area contributed by atoms with E-state index in [1.165, 1.54) is 0 Å². The minimum atomic E-state index is 0.0392. The van der Waals surface area contributed by atoms with Crippen molar-refractivity contribution in [1.82, 2.24) is 9.97 Å². The van der Waals surface area contributed by atoms with Gasteiger partial charge in [-0.05, 0) is 18.6 Å². The Bertz CT molecular complexity index is 468. The molecular formula is C11H11Cl2N3. The molecule has 84 valence electrons. The molecule has 1 atom stereocenters. The van der Waals surface area contributed by atoms with Crippen molar-refractivity contribution in [3.63, 3.8) is 0 Å². The van der Waals surface area contributed by atoms with Gasteiger partial charge in [0, 0.05) is 12.4 Å². The summed E-state index contributed by atoms with van der Waals surface area (Å²) in [6.07, 6.45) is 3.45. The lowest BCUT2D eigenvalue weighted by molar-refractivity contribution is 0.868. The van der Waals surface area contributed by atoms with Gasteiger partial charge in [0.15, 0.2) is 0 Å². The molecule has 3 nitrogen and oxygen atoms in total. The third kappa shape index (κ3) is 2.31. The quantitative estimate of drug-likeness (QED) is 0.874. The zero-order chi connectivity index (χ0) is 11.5. The van der Waals surface area contributed by atoms with Crippen LogP contribution in [0.15, 0.2) is 30.6 Å². The van der Waals surface area contributed by atoms with Crippen LogP contribution in [0.25, 0.3) is 0 Å². The van der Waals surface area contributed by atoms with Crippen molar-refractivity contribution >= 4 is 29.2 Å². The molecule has 0 saturated carbocycles. The summed E-state index contributed by atoms with van der Waals surface area (Å²) in [5.74, 6) is 0.712. The topological polar surface area (TPSA) is 40.7 Å². The van der Waals surface area contributed by atoms with Crippen LogP contribution in [-0.4, -0.2) is 9.97 Å². The molecule has 0 aliphatic carbocycles. The van der Waals surface area contributed by atoms with Crippen LogP contribution in [0.5, 0.6) is 0 Å². The van der Waals surface area contributed by atoms with E-state index in [1.54, 1.807) is 18.5 Å². The van der Waals surface area contributed by atoms with Gasteiger partial charge in [0.05, 0.1) is 16.1 Å². The van der Waals surface area contributed by atoms with E-state index in [4.69, 9.17) is 23.2 Å². The van der Waals surface area contributed by atoms with Gasteiger partial charge in [-0.15, -0.1) is 0 Å². The number of H-pyrrole nitrogens is 1. The van der Waals surface area contributed by atoms with Gasteiger partial charge in [0.25, 0.3) is 0 Å². The fraction of sp³-hybridized carbons (Fsp3) is 0.182. The molecule has 1 unspecified atom stereocenters. The van der Waals surface area contributed by atoms with Gasteiger partial charge in [-0.1, -0.05) is 35.3 Å². The van der Waals surface area contributed by atoms with E-state index in [9.17, 15) is 0 Å². The number of nitrogens with zero attached hydrogens (tertiary/aromatic N) is 1. The minimum Gasteiger partial charge on any atom is -0.349 e. The first-order valence-electron chi connectivity index (χ1n) is 4.88. The fourth-order valence-electron chi connectivity index (χ4n) is 1.48. The average molecular weight is 256 g/mol. The van der Waals surface area contributed by atoms with E-state index in [-0.39, 0.29) is 6.04 Å². The smallest absolute Gasteiger partial charge is 0.200 e. The van der Waals surface area contributed by atoms with Crippen molar-refractivity contribution in [2.45, 2.75) is 13.0 Å². The molecule has 2 rings (SSSR count). The van der Waals surface area contributed by atoms with Crippen LogP contribution in [-0.2, 0) is 0 Å². The maximum atomic E-state index is 6.13. The number of anilines is 1. The summed E-state index contributed by atoms with van der Waals surface area (Å²) in [6, 6.07) is 5.63. The SMILES string of the molecule is CC(Nc1ncc[nH]1)c1cccc(Cl)c1Cl. The molecule has 16 heavy (non-hydrogen) atoms. The number of rotatable bonds is 3. The first-order valence-corrected chi connectivity index (χ1v) is 5.64. The largest absolute Gasteiger partial charge is 0.349 e. The summed E-state index contributed by atoms with van der Waals surface area (Å²) in [6.45, 7) is 2.00. The van der Waals surface area contributed by atoms with E-state index in [0.717, 1.165) is 5.56 Å². The lowest BCUT2D eigenvalue weighted by Gasteiger charge is -2.15. The summed E-state index contributed by atoms with van der Waals surface area (Å²) in [7, 11) is 0. The molecule has 1 aromatic carbocycles. The summed E-state index contributed by atoms with van der Waals surface area (Å²) in [4.78, 5) is 7.06.